The van der Waals surface area contributed by atoms with E-state index in [0.29, 0.717) is 5.82 Å². The highest BCUT2D eigenvalue weighted by Gasteiger charge is 2.17. The van der Waals surface area contributed by atoms with Gasteiger partial charge in [-0.25, -0.2) is 14.1 Å². The van der Waals surface area contributed by atoms with Crippen molar-refractivity contribution in [2.75, 3.05) is 18.4 Å². The smallest absolute Gasteiger partial charge is 0.191 e. The van der Waals surface area contributed by atoms with Gasteiger partial charge < -0.3 is 5.32 Å². The van der Waals surface area contributed by atoms with E-state index in [9.17, 15) is 4.39 Å². The van der Waals surface area contributed by atoms with Crippen molar-refractivity contribution in [3.8, 4) is 0 Å². The van der Waals surface area contributed by atoms with E-state index in [1.54, 1.807) is 6.92 Å². The number of nitrogens with one attached hydrogen (secondary N) is 1. The first-order valence-corrected chi connectivity index (χ1v) is 11.6. The van der Waals surface area contributed by atoms with Crippen molar-refractivity contribution in [1.82, 2.24) is 14.7 Å². The van der Waals surface area contributed by atoms with Crippen molar-refractivity contribution < 1.29 is 4.39 Å². The van der Waals surface area contributed by atoms with Crippen molar-refractivity contribution in [2.45, 2.75) is 67.3 Å². The lowest BCUT2D eigenvalue weighted by Gasteiger charge is -2.25. The Morgan fingerprint density at radius 3 is 2.34 bits per heavy atom. The molecule has 1 aromatic carbocycles. The van der Waals surface area contributed by atoms with Crippen molar-refractivity contribution in [3.63, 3.8) is 0 Å². The highest BCUT2D eigenvalue weighted by molar-refractivity contribution is 5.98. The first kappa shape index (κ1) is 25.5. The lowest BCUT2D eigenvalue weighted by molar-refractivity contribution is 0.220. The van der Waals surface area contributed by atoms with E-state index in [0.717, 1.165) is 47.7 Å². The van der Waals surface area contributed by atoms with E-state index < -0.39 is 5.83 Å². The van der Waals surface area contributed by atoms with Crippen LogP contribution < -0.4 is 5.32 Å². The molecule has 3 rings (SSSR count). The number of halogens is 1. The van der Waals surface area contributed by atoms with Gasteiger partial charge in [-0.15, -0.1) is 0 Å². The topological polar surface area (TPSA) is 45.5 Å². The molecule has 5 nitrogen and oxygen atoms in total. The van der Waals surface area contributed by atoms with E-state index in [1.165, 1.54) is 30.0 Å². The number of aryl methyl sites for hydroxylation is 3. The second-order valence-corrected chi connectivity index (χ2v) is 8.04. The van der Waals surface area contributed by atoms with Crippen molar-refractivity contribution in [2.24, 2.45) is 4.99 Å². The second-order valence-electron chi connectivity index (χ2n) is 8.04. The number of aliphatic imine (C=N–C) groups is 1. The van der Waals surface area contributed by atoms with Gasteiger partial charge in [-0.05, 0) is 83.0 Å². The fourth-order valence-electron chi connectivity index (χ4n) is 3.83. The Hall–Kier alpha value is -2.73. The van der Waals surface area contributed by atoms with Crippen LogP contribution in [0.4, 0.5) is 10.1 Å². The summed E-state index contributed by atoms with van der Waals surface area (Å²) >= 11 is 0. The number of likely N-dealkylation sites (tertiary alicyclic amines) is 1. The molecule has 1 aliphatic heterocycles. The van der Waals surface area contributed by atoms with Gasteiger partial charge in [0.2, 0.25) is 0 Å². The van der Waals surface area contributed by atoms with Gasteiger partial charge in [0.25, 0.3) is 0 Å². The molecule has 32 heavy (non-hydrogen) atoms. The molecule has 0 saturated carbocycles. The zero-order chi connectivity index (χ0) is 23.7. The molecule has 0 bridgehead atoms. The van der Waals surface area contributed by atoms with Crippen LogP contribution in [0.1, 0.15) is 62.4 Å². The minimum atomic E-state index is -0.439. The Morgan fingerprint density at radius 1 is 1.12 bits per heavy atom. The fraction of sp³-hybridized carbons (Fsp3) is 0.462. The minimum absolute atomic E-state index is 0.132. The lowest BCUT2D eigenvalue weighted by atomic mass is 10.1. The molecule has 2 heterocycles. The van der Waals surface area contributed by atoms with Crippen LogP contribution in [-0.4, -0.2) is 33.6 Å². The first-order valence-electron chi connectivity index (χ1n) is 11.6. The standard InChI is InChI=1S/C24H32FN5.C2H6/c1-6-23(25)24(27-20(5)26-22-13-17(2)12-18(3)14-22)30-16-21(19(4)28-30)15-29-10-8-7-9-11-29;1-2/h6,12-14,16,26H,5,7-11,15H2,1-4H3;1-2H3/b23-6+,27-24+;. The number of hydrogen-bond donors (Lipinski definition) is 1. The molecule has 1 saturated heterocycles. The minimum Gasteiger partial charge on any atom is -0.341 e. The van der Waals surface area contributed by atoms with Gasteiger partial charge >= 0.3 is 0 Å². The average Bonchev–Trinajstić information content (AvgIpc) is 3.12. The summed E-state index contributed by atoms with van der Waals surface area (Å²) in [4.78, 5) is 6.86. The number of piperidine rings is 1. The van der Waals surface area contributed by atoms with Gasteiger partial charge in [-0.3, -0.25) is 4.90 Å². The summed E-state index contributed by atoms with van der Waals surface area (Å²) in [7, 11) is 0. The zero-order valence-corrected chi connectivity index (χ0v) is 20.5. The third-order valence-corrected chi connectivity index (χ3v) is 5.28. The number of hydrogen-bond acceptors (Lipinski definition) is 4. The van der Waals surface area contributed by atoms with Gasteiger partial charge in [-0.2, -0.15) is 5.10 Å². The predicted molar refractivity (Wildman–Crippen MR) is 134 cm³/mol. The molecular weight excluding hydrogens is 401 g/mol. The molecule has 174 valence electrons. The fourth-order valence-corrected chi connectivity index (χ4v) is 3.83. The van der Waals surface area contributed by atoms with Gasteiger partial charge in [0.1, 0.15) is 5.82 Å². The third-order valence-electron chi connectivity index (χ3n) is 5.28. The van der Waals surface area contributed by atoms with Crippen LogP contribution in [-0.2, 0) is 6.54 Å². The zero-order valence-electron chi connectivity index (χ0n) is 20.5. The SMILES string of the molecule is C=C(/N=C(\C(F)=C/C)n1cc(CN2CCCCC2)c(C)n1)Nc1cc(C)cc(C)c1.CC. The maximum absolute atomic E-state index is 14.7. The molecule has 0 radical (unpaired) electrons. The molecule has 1 aromatic heterocycles. The van der Waals surface area contributed by atoms with E-state index in [1.807, 2.05) is 52.9 Å². The van der Waals surface area contributed by atoms with E-state index in [4.69, 9.17) is 0 Å². The monoisotopic (exact) mass is 439 g/mol. The van der Waals surface area contributed by atoms with Gasteiger partial charge in [0.05, 0.1) is 5.69 Å². The number of rotatable bonds is 6. The molecule has 1 aliphatic rings. The Morgan fingerprint density at radius 2 is 1.75 bits per heavy atom. The number of nitrogens with zero attached hydrogens (tertiary/aromatic N) is 4. The van der Waals surface area contributed by atoms with Crippen LogP contribution in [0.2, 0.25) is 0 Å². The molecule has 0 amide bonds. The summed E-state index contributed by atoms with van der Waals surface area (Å²) in [6, 6.07) is 6.11. The van der Waals surface area contributed by atoms with Gasteiger partial charge in [0, 0.05) is 24.0 Å². The third kappa shape index (κ3) is 7.16. The lowest BCUT2D eigenvalue weighted by Crippen LogP contribution is -2.29. The van der Waals surface area contributed by atoms with Crippen molar-refractivity contribution in [1.29, 1.82) is 0 Å². The maximum atomic E-state index is 14.7. The van der Waals surface area contributed by atoms with Crippen LogP contribution in [0.15, 0.2) is 53.7 Å². The maximum Gasteiger partial charge on any atom is 0.191 e. The predicted octanol–water partition coefficient (Wildman–Crippen LogP) is 6.52. The quantitative estimate of drug-likeness (QED) is 0.411. The van der Waals surface area contributed by atoms with Gasteiger partial charge in [-0.1, -0.05) is 32.9 Å². The summed E-state index contributed by atoms with van der Waals surface area (Å²) in [5, 5.41) is 7.71. The number of aromatic nitrogens is 2. The Kier molecular flexibility index (Phi) is 9.85. The molecule has 1 fully saturated rings. The average molecular weight is 440 g/mol. The number of anilines is 1. The normalized spacial score (nSPS) is 15.2. The van der Waals surface area contributed by atoms with Crippen LogP contribution >= 0.6 is 0 Å². The first-order chi connectivity index (χ1) is 15.4. The van der Waals surface area contributed by atoms with E-state index in [-0.39, 0.29) is 5.84 Å². The van der Waals surface area contributed by atoms with Crippen LogP contribution in [0.3, 0.4) is 0 Å². The Balaban J connectivity index is 0.00000176. The number of allylic oxidation sites excluding steroid dienone is 2. The second kappa shape index (κ2) is 12.3. The Labute approximate surface area is 192 Å². The molecule has 0 spiro atoms. The Bertz CT molecular complexity index is 944. The number of benzene rings is 1. The van der Waals surface area contributed by atoms with Crippen LogP contribution in [0.25, 0.3) is 0 Å². The molecule has 0 atom stereocenters. The van der Waals surface area contributed by atoms with Crippen molar-refractivity contribution >= 4 is 11.5 Å². The highest BCUT2D eigenvalue weighted by Crippen LogP contribution is 2.18. The van der Waals surface area contributed by atoms with E-state index >= 15 is 0 Å². The summed E-state index contributed by atoms with van der Waals surface area (Å²) in [6.07, 6.45) is 7.04. The molecule has 6 heteroatoms. The van der Waals surface area contributed by atoms with Crippen LogP contribution in [0, 0.1) is 20.8 Å². The molecular formula is C26H38FN5. The summed E-state index contributed by atoms with van der Waals surface area (Å²) < 4.78 is 16.2. The molecule has 2 aromatic rings. The van der Waals surface area contributed by atoms with Crippen molar-refractivity contribution in [3.05, 3.63) is 71.1 Å². The molecule has 0 aliphatic carbocycles. The van der Waals surface area contributed by atoms with Crippen LogP contribution in [0.5, 0.6) is 0 Å². The highest BCUT2D eigenvalue weighted by atomic mass is 19.1. The summed E-state index contributed by atoms with van der Waals surface area (Å²) in [5.74, 6) is 0.0514. The van der Waals surface area contributed by atoms with E-state index in [2.05, 4.69) is 33.0 Å². The molecule has 1 N–H and O–H groups in total. The summed E-state index contributed by atoms with van der Waals surface area (Å²) in [6.45, 7) is 18.7. The molecule has 0 unspecified atom stereocenters. The summed E-state index contributed by atoms with van der Waals surface area (Å²) in [5.41, 5.74) is 5.15. The largest absolute Gasteiger partial charge is 0.341 e. The van der Waals surface area contributed by atoms with Gasteiger partial charge in [0.15, 0.2) is 11.7 Å².